The number of hydrogen-bond donors (Lipinski definition) is 0. The van der Waals surface area contributed by atoms with Gasteiger partial charge in [-0.1, -0.05) is 97.3 Å². The van der Waals surface area contributed by atoms with Crippen LogP contribution in [0.2, 0.25) is 0 Å². The Morgan fingerprint density at radius 1 is 0.706 bits per heavy atom. The first-order chi connectivity index (χ1) is 16.5. The molecule has 1 aromatic heterocycles. The summed E-state index contributed by atoms with van der Waals surface area (Å²) >= 11 is 0. The van der Waals surface area contributed by atoms with Crippen molar-refractivity contribution >= 4 is 7.82 Å². The largest absolute Gasteiger partial charge is 0.756 e. The molecular weight excluding hydrogens is 447 g/mol. The highest BCUT2D eigenvalue weighted by Gasteiger charge is 2.04. The van der Waals surface area contributed by atoms with Crippen LogP contribution in [0.3, 0.4) is 0 Å². The Bertz CT molecular complexity index is 585. The zero-order chi connectivity index (χ0) is 25.3. The van der Waals surface area contributed by atoms with E-state index in [0.717, 1.165) is 0 Å². The molecule has 0 aromatic carbocycles. The van der Waals surface area contributed by atoms with Gasteiger partial charge in [-0.25, -0.2) is 9.13 Å². The molecule has 1 aromatic rings. The lowest BCUT2D eigenvalue weighted by molar-refractivity contribution is -0.696. The SMILES string of the molecule is CCCCCCCCCCCCCCCC[n+]1ccn(CCCC)c1.CCOP(=O)([O-])OCC. The second kappa shape index (κ2) is 24.0. The number of rotatable bonds is 22. The van der Waals surface area contributed by atoms with Crippen LogP contribution in [0, 0.1) is 0 Å². The lowest BCUT2D eigenvalue weighted by Gasteiger charge is -2.20. The van der Waals surface area contributed by atoms with Gasteiger partial charge in [-0.05, 0) is 33.1 Å². The molecule has 0 aliphatic heterocycles. The van der Waals surface area contributed by atoms with Crippen LogP contribution in [0.15, 0.2) is 18.7 Å². The topological polar surface area (TPSA) is 67.4 Å². The quantitative estimate of drug-likeness (QED) is 0.0931. The van der Waals surface area contributed by atoms with E-state index in [1.807, 2.05) is 0 Å². The monoisotopic (exact) mass is 502 g/mol. The van der Waals surface area contributed by atoms with Crippen molar-refractivity contribution in [3.63, 3.8) is 0 Å². The molecule has 1 rings (SSSR count). The molecule has 0 saturated heterocycles. The van der Waals surface area contributed by atoms with Crippen molar-refractivity contribution in [1.29, 1.82) is 0 Å². The fraction of sp³-hybridized carbons (Fsp3) is 0.889. The van der Waals surface area contributed by atoms with E-state index < -0.39 is 7.82 Å². The van der Waals surface area contributed by atoms with E-state index in [1.54, 1.807) is 13.8 Å². The van der Waals surface area contributed by atoms with Crippen LogP contribution < -0.4 is 9.46 Å². The summed E-state index contributed by atoms with van der Waals surface area (Å²) in [5.74, 6) is 0. The summed E-state index contributed by atoms with van der Waals surface area (Å²) in [6.45, 7) is 10.3. The maximum atomic E-state index is 10.4. The Morgan fingerprint density at radius 3 is 1.59 bits per heavy atom. The van der Waals surface area contributed by atoms with E-state index in [4.69, 9.17) is 0 Å². The van der Waals surface area contributed by atoms with Gasteiger partial charge >= 0.3 is 0 Å². The Balaban J connectivity index is 0.00000102. The Labute approximate surface area is 211 Å². The van der Waals surface area contributed by atoms with Gasteiger partial charge in [0.1, 0.15) is 12.4 Å². The summed E-state index contributed by atoms with van der Waals surface area (Å²) < 4.78 is 23.6. The first kappa shape index (κ1) is 33.3. The van der Waals surface area contributed by atoms with Gasteiger partial charge < -0.3 is 13.9 Å². The van der Waals surface area contributed by atoms with Crippen LogP contribution in [0.4, 0.5) is 0 Å². The predicted molar refractivity (Wildman–Crippen MR) is 141 cm³/mol. The Hall–Kier alpha value is -0.680. The summed E-state index contributed by atoms with van der Waals surface area (Å²) in [5.41, 5.74) is 0. The maximum absolute atomic E-state index is 10.4. The molecule has 34 heavy (non-hydrogen) atoms. The number of nitrogens with zero attached hydrogens (tertiary/aromatic N) is 2. The molecule has 0 bridgehead atoms. The summed E-state index contributed by atoms with van der Waals surface area (Å²) in [7, 11) is -3.94. The summed E-state index contributed by atoms with van der Waals surface area (Å²) in [5, 5.41) is 0. The lowest BCUT2D eigenvalue weighted by atomic mass is 10.0. The molecule has 0 fully saturated rings. The minimum absolute atomic E-state index is 0.126. The molecule has 0 saturated carbocycles. The standard InChI is InChI=1S/C23H45N2.C4H11O4P/c1-3-5-7-8-9-10-11-12-13-14-15-16-17-18-20-25-22-21-24(23-25)19-6-4-2;1-3-7-9(5,6)8-4-2/h21-23H,3-20H2,1-2H3;3-4H2,1-2H3,(H,5,6)/q+1;/p-1. The second-order valence-electron chi connectivity index (χ2n) is 9.12. The van der Waals surface area contributed by atoms with Gasteiger partial charge in [-0.3, -0.25) is 4.57 Å². The minimum Gasteiger partial charge on any atom is -0.756 e. The van der Waals surface area contributed by atoms with Crippen LogP contribution in [0.1, 0.15) is 130 Å². The third kappa shape index (κ3) is 21.8. The highest BCUT2D eigenvalue weighted by atomic mass is 31.2. The van der Waals surface area contributed by atoms with Crippen molar-refractivity contribution in [2.24, 2.45) is 0 Å². The van der Waals surface area contributed by atoms with Crippen LogP contribution >= 0.6 is 7.82 Å². The van der Waals surface area contributed by atoms with Crippen LogP contribution in [0.25, 0.3) is 0 Å². The van der Waals surface area contributed by atoms with Gasteiger partial charge in [0.25, 0.3) is 7.82 Å². The van der Waals surface area contributed by atoms with Crippen molar-refractivity contribution < 1.29 is 23.1 Å². The van der Waals surface area contributed by atoms with Crippen LogP contribution in [-0.2, 0) is 26.7 Å². The first-order valence-corrected chi connectivity index (χ1v) is 15.6. The summed E-state index contributed by atoms with van der Waals surface area (Å²) in [6.07, 6.45) is 29.4. The molecular formula is C27H55N2O4P. The zero-order valence-corrected chi connectivity index (χ0v) is 23.7. The van der Waals surface area contributed by atoms with Crippen molar-refractivity contribution in [2.45, 2.75) is 144 Å². The highest BCUT2D eigenvalue weighted by molar-refractivity contribution is 7.45. The molecule has 0 spiro atoms. The lowest BCUT2D eigenvalue weighted by Crippen LogP contribution is -2.30. The molecule has 0 amide bonds. The van der Waals surface area contributed by atoms with E-state index in [0.29, 0.717) is 0 Å². The molecule has 1 heterocycles. The average Bonchev–Trinajstić information content (AvgIpc) is 3.26. The minimum atomic E-state index is -3.94. The fourth-order valence-corrected chi connectivity index (χ4v) is 4.59. The first-order valence-electron chi connectivity index (χ1n) is 14.1. The number of aromatic nitrogens is 2. The van der Waals surface area contributed by atoms with E-state index in [2.05, 4.69) is 50.8 Å². The van der Waals surface area contributed by atoms with Crippen molar-refractivity contribution in [1.82, 2.24) is 4.57 Å². The van der Waals surface area contributed by atoms with Gasteiger partial charge in [0, 0.05) is 0 Å². The summed E-state index contributed by atoms with van der Waals surface area (Å²) in [4.78, 5) is 10.4. The molecule has 0 unspecified atom stereocenters. The fourth-order valence-electron chi connectivity index (χ4n) is 3.89. The number of aryl methyl sites for hydroxylation is 2. The van der Waals surface area contributed by atoms with Crippen molar-refractivity contribution in [3.05, 3.63) is 18.7 Å². The molecule has 0 atom stereocenters. The number of phosphoric acid groups is 1. The van der Waals surface area contributed by atoms with E-state index in [-0.39, 0.29) is 13.2 Å². The van der Waals surface area contributed by atoms with Crippen LogP contribution in [-0.4, -0.2) is 17.8 Å². The summed E-state index contributed by atoms with van der Waals surface area (Å²) in [6, 6.07) is 0. The number of unbranched alkanes of at least 4 members (excludes halogenated alkanes) is 14. The van der Waals surface area contributed by atoms with Gasteiger partial charge in [0.15, 0.2) is 0 Å². The smallest absolute Gasteiger partial charge is 0.267 e. The van der Waals surface area contributed by atoms with E-state index in [1.165, 1.54) is 116 Å². The molecule has 0 aliphatic carbocycles. The van der Waals surface area contributed by atoms with Gasteiger partial charge in [-0.2, -0.15) is 0 Å². The van der Waals surface area contributed by atoms with Crippen molar-refractivity contribution in [3.8, 4) is 0 Å². The third-order valence-corrected chi connectivity index (χ3v) is 7.01. The van der Waals surface area contributed by atoms with E-state index in [9.17, 15) is 9.46 Å². The third-order valence-electron chi connectivity index (χ3n) is 5.86. The normalized spacial score (nSPS) is 11.4. The Kier molecular flexibility index (Phi) is 23.6. The predicted octanol–water partition coefficient (Wildman–Crippen LogP) is 7.58. The van der Waals surface area contributed by atoms with Gasteiger partial charge in [0.2, 0.25) is 6.33 Å². The van der Waals surface area contributed by atoms with Crippen LogP contribution in [0.5, 0.6) is 0 Å². The van der Waals surface area contributed by atoms with Gasteiger partial charge in [-0.15, -0.1) is 0 Å². The van der Waals surface area contributed by atoms with E-state index >= 15 is 0 Å². The molecule has 7 heteroatoms. The molecule has 6 nitrogen and oxygen atoms in total. The number of hydrogen-bond acceptors (Lipinski definition) is 4. The maximum Gasteiger partial charge on any atom is 0.267 e. The molecule has 202 valence electrons. The second-order valence-corrected chi connectivity index (χ2v) is 10.5. The Morgan fingerprint density at radius 2 is 1.15 bits per heavy atom. The average molecular weight is 503 g/mol. The van der Waals surface area contributed by atoms with Crippen molar-refractivity contribution in [2.75, 3.05) is 13.2 Å². The molecule has 0 N–H and O–H groups in total. The molecule has 0 radical (unpaired) electrons. The number of imidazole rings is 1. The zero-order valence-electron chi connectivity index (χ0n) is 22.8. The highest BCUT2D eigenvalue weighted by Crippen LogP contribution is 2.37. The van der Waals surface area contributed by atoms with Gasteiger partial charge in [0.05, 0.1) is 26.3 Å². The molecule has 0 aliphatic rings. The number of phosphoric ester groups is 1.